The fourth-order valence-corrected chi connectivity index (χ4v) is 4.85. The van der Waals surface area contributed by atoms with Crippen LogP contribution in [0.5, 0.6) is 0 Å². The predicted octanol–water partition coefficient (Wildman–Crippen LogP) is 3.41. The van der Waals surface area contributed by atoms with Crippen LogP contribution in [0.25, 0.3) is 0 Å². The molecule has 31 heavy (non-hydrogen) atoms. The van der Waals surface area contributed by atoms with E-state index in [1.807, 2.05) is 53.2 Å². The zero-order valence-corrected chi connectivity index (χ0v) is 17.4. The zero-order valence-electron chi connectivity index (χ0n) is 17.4. The molecule has 2 aliphatic rings. The highest BCUT2D eigenvalue weighted by molar-refractivity contribution is 5.94. The molecule has 160 valence electrons. The number of carbonyl (C=O) groups is 1. The molecule has 0 aliphatic carbocycles. The van der Waals surface area contributed by atoms with Crippen LogP contribution in [0.3, 0.4) is 0 Å². The molecule has 4 atom stereocenters. The van der Waals surface area contributed by atoms with E-state index in [1.165, 1.54) is 5.56 Å². The number of amides is 1. The Labute approximate surface area is 182 Å². The number of hydrogen-bond donors (Lipinski definition) is 3. The first kappa shape index (κ1) is 20.0. The summed E-state index contributed by atoms with van der Waals surface area (Å²) in [7, 11) is 0. The molecule has 6 heteroatoms. The van der Waals surface area contributed by atoms with E-state index in [-0.39, 0.29) is 18.0 Å². The predicted molar refractivity (Wildman–Crippen MR) is 120 cm³/mol. The molecule has 3 aromatic rings. The second-order valence-electron chi connectivity index (χ2n) is 8.61. The van der Waals surface area contributed by atoms with Gasteiger partial charge in [0.05, 0.1) is 6.10 Å². The average molecular weight is 417 g/mol. The molecule has 1 fully saturated rings. The third-order valence-electron chi connectivity index (χ3n) is 6.53. The molecule has 1 aromatic heterocycles. The molecule has 2 aliphatic heterocycles. The van der Waals surface area contributed by atoms with E-state index < -0.39 is 6.10 Å². The van der Waals surface area contributed by atoms with Gasteiger partial charge in [-0.1, -0.05) is 42.5 Å². The molecule has 1 unspecified atom stereocenters. The van der Waals surface area contributed by atoms with Gasteiger partial charge in [-0.15, -0.1) is 0 Å². The molecule has 1 saturated heterocycles. The van der Waals surface area contributed by atoms with Gasteiger partial charge in [0.2, 0.25) is 5.91 Å². The van der Waals surface area contributed by atoms with Gasteiger partial charge < -0.3 is 15.7 Å². The molecular weight excluding hydrogens is 388 g/mol. The maximum atomic E-state index is 12.7. The van der Waals surface area contributed by atoms with Gasteiger partial charge in [0.1, 0.15) is 6.04 Å². The van der Waals surface area contributed by atoms with E-state index in [0.29, 0.717) is 6.04 Å². The van der Waals surface area contributed by atoms with Gasteiger partial charge in [0.25, 0.3) is 0 Å². The number of aromatic nitrogens is 2. The van der Waals surface area contributed by atoms with Gasteiger partial charge in [0.15, 0.2) is 0 Å². The van der Waals surface area contributed by atoms with E-state index in [2.05, 4.69) is 27.9 Å². The van der Waals surface area contributed by atoms with E-state index in [0.717, 1.165) is 49.0 Å². The number of fused-ring (bicyclic) bond motifs is 1. The van der Waals surface area contributed by atoms with E-state index in [1.54, 1.807) is 6.20 Å². The molecule has 0 saturated carbocycles. The Balaban J connectivity index is 1.15. The number of carbonyl (C=O) groups excluding carboxylic acids is 1. The second-order valence-corrected chi connectivity index (χ2v) is 8.61. The Morgan fingerprint density at radius 2 is 1.90 bits per heavy atom. The third-order valence-corrected chi connectivity index (χ3v) is 6.53. The van der Waals surface area contributed by atoms with Crippen LogP contribution in [0.1, 0.15) is 48.2 Å². The summed E-state index contributed by atoms with van der Waals surface area (Å²) in [5, 5.41) is 21.6. The number of nitrogens with zero attached hydrogens (tertiary/aromatic N) is 2. The van der Waals surface area contributed by atoms with E-state index >= 15 is 0 Å². The molecule has 0 bridgehead atoms. The van der Waals surface area contributed by atoms with Crippen LogP contribution in [0, 0.1) is 0 Å². The molecule has 3 heterocycles. The molecule has 5 rings (SSSR count). The van der Waals surface area contributed by atoms with Gasteiger partial charge in [0, 0.05) is 29.7 Å². The molecule has 2 aromatic carbocycles. The summed E-state index contributed by atoms with van der Waals surface area (Å²) in [6.07, 6.45) is 5.89. The van der Waals surface area contributed by atoms with Crippen LogP contribution in [0.4, 0.5) is 5.69 Å². The van der Waals surface area contributed by atoms with Crippen LogP contribution in [-0.4, -0.2) is 32.9 Å². The standard InChI is InChI=1S/C25H28N4O2/c30-24(18-4-2-1-3-5-18)22-12-10-20(27-22)16-17-6-8-19(9-7-17)28-25(31)23-13-11-21-14-15-26-29(21)23/h1-9,14-15,20,22-24,27,30H,10-13,16H2,(H,28,31)/t20-,22+,23+,24?/m0/s1. The van der Waals surface area contributed by atoms with Crippen molar-refractivity contribution in [3.63, 3.8) is 0 Å². The van der Waals surface area contributed by atoms with Gasteiger partial charge in [-0.3, -0.25) is 9.48 Å². The average Bonchev–Trinajstić information content (AvgIpc) is 3.52. The molecule has 6 nitrogen and oxygen atoms in total. The number of rotatable bonds is 6. The van der Waals surface area contributed by atoms with Gasteiger partial charge in [-0.2, -0.15) is 5.10 Å². The number of aryl methyl sites for hydroxylation is 1. The van der Waals surface area contributed by atoms with Crippen molar-refractivity contribution in [1.29, 1.82) is 0 Å². The largest absolute Gasteiger partial charge is 0.387 e. The minimum atomic E-state index is -0.477. The smallest absolute Gasteiger partial charge is 0.249 e. The second kappa shape index (κ2) is 8.65. The van der Waals surface area contributed by atoms with Crippen molar-refractivity contribution in [2.45, 2.75) is 56.3 Å². The fraction of sp³-hybridized carbons (Fsp3) is 0.360. The van der Waals surface area contributed by atoms with Crippen molar-refractivity contribution >= 4 is 11.6 Å². The van der Waals surface area contributed by atoms with Crippen LogP contribution in [0.2, 0.25) is 0 Å². The van der Waals surface area contributed by atoms with Crippen LogP contribution >= 0.6 is 0 Å². The highest BCUT2D eigenvalue weighted by Crippen LogP contribution is 2.28. The summed E-state index contributed by atoms with van der Waals surface area (Å²) >= 11 is 0. The van der Waals surface area contributed by atoms with Gasteiger partial charge >= 0.3 is 0 Å². The third kappa shape index (κ3) is 4.27. The molecule has 1 amide bonds. The van der Waals surface area contributed by atoms with Crippen molar-refractivity contribution in [1.82, 2.24) is 15.1 Å². The van der Waals surface area contributed by atoms with Gasteiger partial charge in [-0.05, 0) is 61.4 Å². The minimum absolute atomic E-state index is 0.00889. The molecule has 0 spiro atoms. The van der Waals surface area contributed by atoms with Crippen molar-refractivity contribution < 1.29 is 9.90 Å². The SMILES string of the molecule is O=C(Nc1ccc(C[C@@H]2CC[C@H](C(O)c3ccccc3)N2)cc1)[C@H]1CCc2ccnn21. The first-order valence-corrected chi connectivity index (χ1v) is 11.1. The zero-order chi connectivity index (χ0) is 21.2. The summed E-state index contributed by atoms with van der Waals surface area (Å²) in [5.74, 6) is -0.00889. The van der Waals surface area contributed by atoms with Crippen LogP contribution in [-0.2, 0) is 17.6 Å². The lowest BCUT2D eigenvalue weighted by molar-refractivity contribution is -0.119. The number of nitrogens with one attached hydrogen (secondary N) is 2. The summed E-state index contributed by atoms with van der Waals surface area (Å²) < 4.78 is 1.83. The number of aliphatic hydroxyl groups is 1. The Bertz CT molecular complexity index is 1030. The summed E-state index contributed by atoms with van der Waals surface area (Å²) in [4.78, 5) is 12.7. The highest BCUT2D eigenvalue weighted by Gasteiger charge is 2.30. The van der Waals surface area contributed by atoms with Crippen LogP contribution in [0.15, 0.2) is 66.9 Å². The summed E-state index contributed by atoms with van der Waals surface area (Å²) in [5.41, 5.74) is 4.12. The summed E-state index contributed by atoms with van der Waals surface area (Å²) in [6.45, 7) is 0. The maximum Gasteiger partial charge on any atom is 0.249 e. The lowest BCUT2D eigenvalue weighted by Gasteiger charge is -2.20. The molecule has 3 N–H and O–H groups in total. The molecular formula is C25H28N4O2. The van der Waals surface area contributed by atoms with E-state index in [9.17, 15) is 9.90 Å². The Kier molecular flexibility index (Phi) is 5.57. The van der Waals surface area contributed by atoms with Crippen LogP contribution < -0.4 is 10.6 Å². The Morgan fingerprint density at radius 3 is 2.71 bits per heavy atom. The van der Waals surface area contributed by atoms with Crippen molar-refractivity contribution in [3.8, 4) is 0 Å². The Hall–Kier alpha value is -2.96. The quantitative estimate of drug-likeness (QED) is 0.575. The monoisotopic (exact) mass is 416 g/mol. The fourth-order valence-electron chi connectivity index (χ4n) is 4.85. The summed E-state index contributed by atoms with van der Waals surface area (Å²) in [6, 6.07) is 20.1. The van der Waals surface area contributed by atoms with Crippen molar-refractivity contribution in [2.24, 2.45) is 0 Å². The van der Waals surface area contributed by atoms with E-state index in [4.69, 9.17) is 0 Å². The van der Waals surface area contributed by atoms with Gasteiger partial charge in [-0.25, -0.2) is 0 Å². The number of benzene rings is 2. The minimum Gasteiger partial charge on any atom is -0.387 e. The lowest BCUT2D eigenvalue weighted by atomic mass is 10.0. The topological polar surface area (TPSA) is 79.2 Å². The molecule has 0 radical (unpaired) electrons. The lowest BCUT2D eigenvalue weighted by Crippen LogP contribution is -2.35. The Morgan fingerprint density at radius 1 is 1.10 bits per heavy atom. The van der Waals surface area contributed by atoms with Crippen molar-refractivity contribution in [2.75, 3.05) is 5.32 Å². The number of anilines is 1. The first-order valence-electron chi connectivity index (χ1n) is 11.1. The first-order chi connectivity index (χ1) is 15.2. The van der Waals surface area contributed by atoms with Crippen molar-refractivity contribution in [3.05, 3.63) is 83.7 Å². The number of aliphatic hydroxyl groups excluding tert-OH is 1. The normalized spacial score (nSPS) is 23.5. The number of hydrogen-bond acceptors (Lipinski definition) is 4. The maximum absolute atomic E-state index is 12.7. The highest BCUT2D eigenvalue weighted by atomic mass is 16.3.